The molecule has 1 saturated carbocycles. The predicted octanol–water partition coefficient (Wildman–Crippen LogP) is 3.20. The summed E-state index contributed by atoms with van der Waals surface area (Å²) in [6.07, 6.45) is 5.79. The van der Waals surface area contributed by atoms with Crippen molar-refractivity contribution < 1.29 is 0 Å². The first-order valence-electron chi connectivity index (χ1n) is 5.74. The molecule has 0 heterocycles. The lowest BCUT2D eigenvalue weighted by Crippen LogP contribution is -2.37. The maximum atomic E-state index is 3.56. The molecule has 0 bridgehead atoms. The summed E-state index contributed by atoms with van der Waals surface area (Å²) in [5, 5.41) is 3.56. The van der Waals surface area contributed by atoms with Crippen LogP contribution in [0.3, 0.4) is 0 Å². The molecule has 1 aliphatic carbocycles. The molecule has 1 N–H and O–H groups in total. The largest absolute Gasteiger partial charge is 0.312 e. The molecule has 1 aliphatic rings. The number of nitrogens with one attached hydrogen (secondary N) is 1. The van der Waals surface area contributed by atoms with Crippen molar-refractivity contribution in [2.45, 2.75) is 58.9 Å². The van der Waals surface area contributed by atoms with Crippen LogP contribution in [0, 0.1) is 11.8 Å². The van der Waals surface area contributed by atoms with E-state index in [9.17, 15) is 0 Å². The molecule has 1 fully saturated rings. The SMILES string of the molecule is CC(CCNC(C)(C)C)C1CCC1. The van der Waals surface area contributed by atoms with Gasteiger partial charge in [-0.05, 0) is 45.6 Å². The van der Waals surface area contributed by atoms with Crippen molar-refractivity contribution in [1.29, 1.82) is 0 Å². The Hall–Kier alpha value is -0.0400. The molecule has 0 saturated heterocycles. The van der Waals surface area contributed by atoms with E-state index in [1.165, 1.54) is 32.2 Å². The van der Waals surface area contributed by atoms with E-state index in [1.54, 1.807) is 0 Å². The van der Waals surface area contributed by atoms with Gasteiger partial charge in [0.05, 0.1) is 0 Å². The van der Waals surface area contributed by atoms with Crippen molar-refractivity contribution in [3.05, 3.63) is 0 Å². The van der Waals surface area contributed by atoms with E-state index in [-0.39, 0.29) is 0 Å². The van der Waals surface area contributed by atoms with Crippen LogP contribution in [0.15, 0.2) is 0 Å². The molecule has 0 aliphatic heterocycles. The van der Waals surface area contributed by atoms with E-state index in [1.807, 2.05) is 0 Å². The van der Waals surface area contributed by atoms with Crippen molar-refractivity contribution >= 4 is 0 Å². The third-order valence-corrected chi connectivity index (χ3v) is 3.21. The monoisotopic (exact) mass is 183 g/mol. The maximum absolute atomic E-state index is 3.56. The standard InChI is InChI=1S/C12H25N/c1-10(11-6-5-7-11)8-9-13-12(2,3)4/h10-11,13H,5-9H2,1-4H3. The molecule has 1 unspecified atom stereocenters. The van der Waals surface area contributed by atoms with Crippen LogP contribution in [-0.4, -0.2) is 12.1 Å². The molecule has 0 aromatic heterocycles. The zero-order valence-electron chi connectivity index (χ0n) is 9.69. The van der Waals surface area contributed by atoms with Gasteiger partial charge in [-0.25, -0.2) is 0 Å². The molecule has 13 heavy (non-hydrogen) atoms. The molecule has 1 heteroatoms. The second kappa shape index (κ2) is 4.45. The fourth-order valence-electron chi connectivity index (χ4n) is 1.92. The summed E-state index contributed by atoms with van der Waals surface area (Å²) in [7, 11) is 0. The van der Waals surface area contributed by atoms with Crippen LogP contribution in [0.5, 0.6) is 0 Å². The second-order valence-corrected chi connectivity index (χ2v) is 5.63. The van der Waals surface area contributed by atoms with E-state index in [0.29, 0.717) is 5.54 Å². The van der Waals surface area contributed by atoms with E-state index < -0.39 is 0 Å². The highest BCUT2D eigenvalue weighted by atomic mass is 14.9. The third-order valence-electron chi connectivity index (χ3n) is 3.21. The molecule has 0 aromatic rings. The minimum absolute atomic E-state index is 0.291. The highest BCUT2D eigenvalue weighted by molar-refractivity contribution is 4.77. The number of rotatable bonds is 4. The van der Waals surface area contributed by atoms with Crippen LogP contribution in [0.1, 0.15) is 53.4 Å². The smallest absolute Gasteiger partial charge is 0.00965 e. The van der Waals surface area contributed by atoms with E-state index >= 15 is 0 Å². The highest BCUT2D eigenvalue weighted by Gasteiger charge is 2.23. The molecular weight excluding hydrogens is 158 g/mol. The van der Waals surface area contributed by atoms with Crippen LogP contribution in [0.25, 0.3) is 0 Å². The lowest BCUT2D eigenvalue weighted by molar-refractivity contribution is 0.206. The van der Waals surface area contributed by atoms with Crippen LogP contribution >= 0.6 is 0 Å². The zero-order valence-corrected chi connectivity index (χ0v) is 9.69. The minimum Gasteiger partial charge on any atom is -0.312 e. The van der Waals surface area contributed by atoms with Gasteiger partial charge >= 0.3 is 0 Å². The van der Waals surface area contributed by atoms with Crippen LogP contribution in [0.2, 0.25) is 0 Å². The van der Waals surface area contributed by atoms with Gasteiger partial charge in [0.1, 0.15) is 0 Å². The van der Waals surface area contributed by atoms with Crippen LogP contribution in [0.4, 0.5) is 0 Å². The molecule has 0 radical (unpaired) electrons. The van der Waals surface area contributed by atoms with Gasteiger partial charge in [0.2, 0.25) is 0 Å². The quantitative estimate of drug-likeness (QED) is 0.706. The van der Waals surface area contributed by atoms with Crippen molar-refractivity contribution in [3.8, 4) is 0 Å². The molecular formula is C12H25N. The first-order chi connectivity index (χ1) is 5.99. The van der Waals surface area contributed by atoms with Crippen LogP contribution < -0.4 is 5.32 Å². The van der Waals surface area contributed by atoms with Crippen molar-refractivity contribution in [3.63, 3.8) is 0 Å². The van der Waals surface area contributed by atoms with Gasteiger partial charge in [0, 0.05) is 5.54 Å². The minimum atomic E-state index is 0.291. The number of hydrogen-bond donors (Lipinski definition) is 1. The fraction of sp³-hybridized carbons (Fsp3) is 1.00. The molecule has 0 aromatic carbocycles. The Morgan fingerprint density at radius 3 is 2.31 bits per heavy atom. The number of hydrogen-bond acceptors (Lipinski definition) is 1. The lowest BCUT2D eigenvalue weighted by atomic mass is 9.75. The van der Waals surface area contributed by atoms with E-state index in [4.69, 9.17) is 0 Å². The summed E-state index contributed by atoms with van der Waals surface area (Å²) >= 11 is 0. The van der Waals surface area contributed by atoms with Gasteiger partial charge < -0.3 is 5.32 Å². The summed E-state index contributed by atoms with van der Waals surface area (Å²) in [6.45, 7) is 10.3. The Labute approximate surface area is 83.3 Å². The molecule has 1 atom stereocenters. The van der Waals surface area contributed by atoms with E-state index in [0.717, 1.165) is 11.8 Å². The summed E-state index contributed by atoms with van der Waals surface area (Å²) < 4.78 is 0. The Morgan fingerprint density at radius 1 is 1.31 bits per heavy atom. The normalized spacial score (nSPS) is 21.2. The molecule has 1 nitrogen and oxygen atoms in total. The van der Waals surface area contributed by atoms with Crippen molar-refractivity contribution in [2.24, 2.45) is 11.8 Å². The first kappa shape index (κ1) is 11.0. The fourth-order valence-corrected chi connectivity index (χ4v) is 1.92. The summed E-state index contributed by atoms with van der Waals surface area (Å²) in [4.78, 5) is 0. The average Bonchev–Trinajstić information content (AvgIpc) is 1.79. The van der Waals surface area contributed by atoms with Gasteiger partial charge in [-0.15, -0.1) is 0 Å². The summed E-state index contributed by atoms with van der Waals surface area (Å²) in [5.74, 6) is 1.98. The Balaban J connectivity index is 2.04. The molecule has 0 amide bonds. The predicted molar refractivity (Wildman–Crippen MR) is 58.9 cm³/mol. The van der Waals surface area contributed by atoms with Crippen molar-refractivity contribution in [2.75, 3.05) is 6.54 Å². The average molecular weight is 183 g/mol. The third kappa shape index (κ3) is 4.12. The van der Waals surface area contributed by atoms with Gasteiger partial charge in [0.15, 0.2) is 0 Å². The molecule has 1 rings (SSSR count). The zero-order chi connectivity index (χ0) is 9.90. The van der Waals surface area contributed by atoms with E-state index in [2.05, 4.69) is 33.0 Å². The Bertz CT molecular complexity index is 142. The van der Waals surface area contributed by atoms with Gasteiger partial charge in [-0.3, -0.25) is 0 Å². The first-order valence-corrected chi connectivity index (χ1v) is 5.74. The lowest BCUT2D eigenvalue weighted by Gasteiger charge is -2.32. The van der Waals surface area contributed by atoms with Crippen LogP contribution in [-0.2, 0) is 0 Å². The molecule has 78 valence electrons. The van der Waals surface area contributed by atoms with Gasteiger partial charge in [0.25, 0.3) is 0 Å². The Kier molecular flexibility index (Phi) is 3.78. The summed E-state index contributed by atoms with van der Waals surface area (Å²) in [6, 6.07) is 0. The van der Waals surface area contributed by atoms with Crippen molar-refractivity contribution in [1.82, 2.24) is 5.32 Å². The summed E-state index contributed by atoms with van der Waals surface area (Å²) in [5.41, 5.74) is 0.291. The topological polar surface area (TPSA) is 12.0 Å². The Morgan fingerprint density at radius 2 is 1.92 bits per heavy atom. The van der Waals surface area contributed by atoms with Gasteiger partial charge in [-0.1, -0.05) is 26.2 Å². The maximum Gasteiger partial charge on any atom is 0.00965 e. The molecule has 0 spiro atoms. The van der Waals surface area contributed by atoms with Gasteiger partial charge in [-0.2, -0.15) is 0 Å². The second-order valence-electron chi connectivity index (χ2n) is 5.63. The highest BCUT2D eigenvalue weighted by Crippen LogP contribution is 2.34.